The van der Waals surface area contributed by atoms with E-state index in [4.69, 9.17) is 5.73 Å². The van der Waals surface area contributed by atoms with Crippen LogP contribution in [0, 0.1) is 0 Å². The largest absolute Gasteiger partial charge is 0.369 e. The van der Waals surface area contributed by atoms with Gasteiger partial charge in [-0.05, 0) is 6.07 Å². The Labute approximate surface area is 85.5 Å². The van der Waals surface area contributed by atoms with Gasteiger partial charge in [0.15, 0.2) is 0 Å². The number of para-hydroxylation sites is 1. The zero-order chi connectivity index (χ0) is 10.5. The monoisotopic (exact) mass is 203 g/mol. The van der Waals surface area contributed by atoms with Crippen molar-refractivity contribution in [2.45, 2.75) is 5.66 Å². The lowest BCUT2D eigenvalue weighted by molar-refractivity contribution is -0.121. The Kier molecular flexibility index (Phi) is 1.37. The van der Waals surface area contributed by atoms with Crippen molar-refractivity contribution < 1.29 is 4.79 Å². The number of benzene rings is 1. The third-order valence-electron chi connectivity index (χ3n) is 2.55. The molecule has 0 aliphatic carbocycles. The fourth-order valence-corrected chi connectivity index (χ4v) is 1.87. The Morgan fingerprint density at radius 1 is 1.33 bits per heavy atom. The summed E-state index contributed by atoms with van der Waals surface area (Å²) in [6.07, 6.45) is 0. The zero-order valence-corrected chi connectivity index (χ0v) is 7.74. The highest BCUT2D eigenvalue weighted by Crippen LogP contribution is 2.37. The van der Waals surface area contributed by atoms with E-state index in [9.17, 15) is 4.79 Å². The van der Waals surface area contributed by atoms with Gasteiger partial charge in [-0.3, -0.25) is 10.2 Å². The normalized spacial score (nSPS) is 27.2. The summed E-state index contributed by atoms with van der Waals surface area (Å²) < 4.78 is 0. The summed E-state index contributed by atoms with van der Waals surface area (Å²) in [4.78, 5) is 15.9. The van der Waals surface area contributed by atoms with Crippen molar-refractivity contribution in [3.8, 4) is 0 Å². The van der Waals surface area contributed by atoms with E-state index in [1.165, 1.54) is 0 Å². The second-order valence-electron chi connectivity index (χ2n) is 3.46. The van der Waals surface area contributed by atoms with Crippen molar-refractivity contribution >= 4 is 17.6 Å². The molecule has 0 bridgehead atoms. The predicted octanol–water partition coefficient (Wildman–Crippen LogP) is -0.786. The minimum atomic E-state index is -1.10. The maximum absolute atomic E-state index is 11.8. The number of rotatable bonds is 0. The van der Waals surface area contributed by atoms with Gasteiger partial charge in [0.2, 0.25) is 11.6 Å². The highest BCUT2D eigenvalue weighted by atomic mass is 16.2. The number of nitrogens with zero attached hydrogens (tertiary/aromatic N) is 1. The van der Waals surface area contributed by atoms with Crippen LogP contribution in [0.25, 0.3) is 0 Å². The highest BCUT2D eigenvalue weighted by Gasteiger charge is 2.49. The highest BCUT2D eigenvalue weighted by molar-refractivity contribution is 6.07. The molecule has 1 atom stereocenters. The Bertz CT molecular complexity index is 483. The number of hydrogen-bond acceptors (Lipinski definition) is 5. The van der Waals surface area contributed by atoms with E-state index < -0.39 is 5.66 Å². The van der Waals surface area contributed by atoms with Gasteiger partial charge in [-0.15, -0.1) is 0 Å². The first kappa shape index (κ1) is 8.25. The fourth-order valence-electron chi connectivity index (χ4n) is 1.87. The topological polar surface area (TPSA) is 91.5 Å². The molecular formula is C9H9N5O. The zero-order valence-electron chi connectivity index (χ0n) is 7.74. The van der Waals surface area contributed by atoms with Crippen LogP contribution in [0.3, 0.4) is 0 Å². The molecule has 3 rings (SSSR count). The van der Waals surface area contributed by atoms with E-state index in [0.717, 1.165) is 11.3 Å². The van der Waals surface area contributed by atoms with Crippen LogP contribution in [0.1, 0.15) is 5.56 Å². The van der Waals surface area contributed by atoms with Crippen LogP contribution in [0.15, 0.2) is 29.3 Å². The lowest BCUT2D eigenvalue weighted by Crippen LogP contribution is -2.48. The number of hydrogen-bond donors (Lipinski definition) is 4. The quantitative estimate of drug-likeness (QED) is 0.445. The van der Waals surface area contributed by atoms with Crippen molar-refractivity contribution in [1.82, 2.24) is 10.9 Å². The molecule has 6 heteroatoms. The molecule has 1 unspecified atom stereocenters. The first-order chi connectivity index (χ1) is 7.22. The van der Waals surface area contributed by atoms with Crippen LogP contribution in [0.2, 0.25) is 0 Å². The molecule has 1 aromatic rings. The predicted molar refractivity (Wildman–Crippen MR) is 54.6 cm³/mol. The van der Waals surface area contributed by atoms with Crippen LogP contribution in [0.5, 0.6) is 0 Å². The molecule has 1 aromatic carbocycles. The number of amides is 1. The van der Waals surface area contributed by atoms with Gasteiger partial charge in [0, 0.05) is 11.3 Å². The van der Waals surface area contributed by atoms with E-state index in [1.54, 1.807) is 0 Å². The molecule has 0 aromatic heterocycles. The van der Waals surface area contributed by atoms with E-state index in [0.29, 0.717) is 0 Å². The first-order valence-electron chi connectivity index (χ1n) is 4.52. The molecule has 1 amide bonds. The molecule has 1 spiro atoms. The maximum Gasteiger partial charge on any atom is 0.273 e. The number of hydrazine groups is 1. The van der Waals surface area contributed by atoms with E-state index in [2.05, 4.69) is 21.2 Å². The summed E-state index contributed by atoms with van der Waals surface area (Å²) in [6.45, 7) is 0. The Balaban J connectivity index is 2.22. The molecular weight excluding hydrogens is 194 g/mol. The summed E-state index contributed by atoms with van der Waals surface area (Å²) >= 11 is 0. The van der Waals surface area contributed by atoms with Crippen LogP contribution in [-0.2, 0) is 10.5 Å². The second kappa shape index (κ2) is 2.48. The molecule has 0 saturated carbocycles. The van der Waals surface area contributed by atoms with Gasteiger partial charge >= 0.3 is 0 Å². The number of anilines is 1. The first-order valence-corrected chi connectivity index (χ1v) is 4.52. The lowest BCUT2D eigenvalue weighted by atomic mass is 10.0. The minimum absolute atomic E-state index is 0.210. The van der Waals surface area contributed by atoms with Crippen LogP contribution >= 0.6 is 0 Å². The Hall–Kier alpha value is -2.08. The molecule has 5 N–H and O–H groups in total. The molecule has 15 heavy (non-hydrogen) atoms. The van der Waals surface area contributed by atoms with Crippen LogP contribution in [0.4, 0.5) is 5.69 Å². The molecule has 2 heterocycles. The second-order valence-corrected chi connectivity index (χ2v) is 3.46. The SMILES string of the molecule is NC1=NC2(NN1)C(=O)Nc1ccccc12. The van der Waals surface area contributed by atoms with E-state index in [1.807, 2.05) is 24.3 Å². The summed E-state index contributed by atoms with van der Waals surface area (Å²) in [7, 11) is 0. The van der Waals surface area contributed by atoms with E-state index in [-0.39, 0.29) is 11.9 Å². The Morgan fingerprint density at radius 2 is 2.13 bits per heavy atom. The maximum atomic E-state index is 11.8. The van der Waals surface area contributed by atoms with Crippen molar-refractivity contribution in [2.75, 3.05) is 5.32 Å². The summed E-state index contributed by atoms with van der Waals surface area (Å²) in [5.74, 6) is -0.0153. The molecule has 0 radical (unpaired) electrons. The summed E-state index contributed by atoms with van der Waals surface area (Å²) in [6, 6.07) is 7.37. The summed E-state index contributed by atoms with van der Waals surface area (Å²) in [5.41, 5.74) is 11.4. The van der Waals surface area contributed by atoms with Gasteiger partial charge in [0.1, 0.15) is 0 Å². The van der Waals surface area contributed by atoms with Crippen LogP contribution < -0.4 is 21.9 Å². The number of carbonyl (C=O) groups is 1. The smallest absolute Gasteiger partial charge is 0.273 e. The van der Waals surface area contributed by atoms with Gasteiger partial charge in [-0.25, -0.2) is 4.99 Å². The molecule has 76 valence electrons. The average Bonchev–Trinajstić information content (AvgIpc) is 2.73. The Morgan fingerprint density at radius 3 is 2.87 bits per heavy atom. The van der Waals surface area contributed by atoms with Crippen molar-refractivity contribution in [1.29, 1.82) is 0 Å². The third-order valence-corrected chi connectivity index (χ3v) is 2.55. The average molecular weight is 203 g/mol. The number of aliphatic imine (C=N–C) groups is 1. The van der Waals surface area contributed by atoms with Crippen molar-refractivity contribution in [2.24, 2.45) is 10.7 Å². The van der Waals surface area contributed by atoms with Gasteiger partial charge in [0.05, 0.1) is 0 Å². The number of nitrogens with one attached hydrogen (secondary N) is 3. The van der Waals surface area contributed by atoms with E-state index >= 15 is 0 Å². The minimum Gasteiger partial charge on any atom is -0.369 e. The van der Waals surface area contributed by atoms with Gasteiger partial charge < -0.3 is 11.1 Å². The number of carbonyl (C=O) groups excluding carboxylic acids is 1. The van der Waals surface area contributed by atoms with Crippen molar-refractivity contribution in [3.05, 3.63) is 29.8 Å². The number of fused-ring (bicyclic) bond motifs is 2. The molecule has 6 nitrogen and oxygen atoms in total. The van der Waals surface area contributed by atoms with Gasteiger partial charge in [-0.2, -0.15) is 5.43 Å². The lowest BCUT2D eigenvalue weighted by Gasteiger charge is -2.16. The van der Waals surface area contributed by atoms with Gasteiger partial charge in [0.25, 0.3) is 5.91 Å². The molecule has 0 saturated heterocycles. The molecule has 0 fully saturated rings. The number of guanidine groups is 1. The fraction of sp³-hybridized carbons (Fsp3) is 0.111. The third kappa shape index (κ3) is 0.909. The molecule has 2 aliphatic rings. The van der Waals surface area contributed by atoms with Gasteiger partial charge in [-0.1, -0.05) is 18.2 Å². The summed E-state index contributed by atoms with van der Waals surface area (Å²) in [5, 5.41) is 2.75. The standard InChI is InChI=1S/C9H9N5O/c10-8-12-9(14-13-8)5-3-1-2-4-6(5)11-7(9)15/h1-4,14H,(H,11,15)(H3,10,12,13). The van der Waals surface area contributed by atoms with Crippen molar-refractivity contribution in [3.63, 3.8) is 0 Å². The van der Waals surface area contributed by atoms with Crippen LogP contribution in [-0.4, -0.2) is 11.9 Å². The molecule has 2 aliphatic heterocycles. The number of nitrogens with two attached hydrogens (primary N) is 1.